The average molecular weight is 221 g/mol. The molecule has 0 aliphatic carbocycles. The molecule has 4 nitrogen and oxygen atoms in total. The van der Waals surface area contributed by atoms with Crippen LogP contribution in [0, 0.1) is 0 Å². The van der Waals surface area contributed by atoms with Crippen LogP contribution >= 0.6 is 0 Å². The molecule has 0 saturated heterocycles. The molecule has 0 heterocycles. The molecule has 86 valence electrons. The van der Waals surface area contributed by atoms with Crippen LogP contribution in [0.5, 0.6) is 0 Å². The molecule has 1 aromatic carbocycles. The third-order valence-corrected chi connectivity index (χ3v) is 2.19. The molecule has 1 unspecified atom stereocenters. The molecule has 0 saturated carbocycles. The predicted octanol–water partition coefficient (Wildman–Crippen LogP) is 0.295. The summed E-state index contributed by atoms with van der Waals surface area (Å²) >= 11 is 0. The van der Waals surface area contributed by atoms with Gasteiger partial charge in [0.15, 0.2) is 0 Å². The normalized spacial score (nSPS) is 11.8. The van der Waals surface area contributed by atoms with Crippen molar-refractivity contribution in [3.8, 4) is 0 Å². The van der Waals surface area contributed by atoms with Gasteiger partial charge in [-0.25, -0.2) is 0 Å². The number of aldehydes is 1. The fraction of sp³-hybridized carbons (Fsp3) is 0.333. The van der Waals surface area contributed by atoms with E-state index in [1.807, 2.05) is 30.3 Å². The van der Waals surface area contributed by atoms with Crippen LogP contribution in [0.15, 0.2) is 30.3 Å². The molecule has 1 aromatic rings. The van der Waals surface area contributed by atoms with Crippen LogP contribution in [0.1, 0.15) is 12.0 Å². The first-order valence-corrected chi connectivity index (χ1v) is 5.15. The lowest BCUT2D eigenvalue weighted by atomic mass is 10.1. The third kappa shape index (κ3) is 4.23. The molecule has 0 aliphatic heterocycles. The van der Waals surface area contributed by atoms with Gasteiger partial charge in [-0.2, -0.15) is 0 Å². The minimum absolute atomic E-state index is 0.227. The fourth-order valence-electron chi connectivity index (χ4n) is 1.30. The molecule has 1 rings (SSSR count). The summed E-state index contributed by atoms with van der Waals surface area (Å²) in [7, 11) is 0. The second-order valence-electron chi connectivity index (χ2n) is 3.48. The zero-order valence-corrected chi connectivity index (χ0v) is 8.93. The summed E-state index contributed by atoms with van der Waals surface area (Å²) in [4.78, 5) is 21.7. The zero-order chi connectivity index (χ0) is 11.8. The molecule has 4 heteroatoms. The minimum Gasteiger partial charge on any atom is -0.394 e. The van der Waals surface area contributed by atoms with Crippen molar-refractivity contribution in [2.75, 3.05) is 6.61 Å². The molecule has 0 fully saturated rings. The molecule has 0 bridgehead atoms. The Morgan fingerprint density at radius 1 is 1.38 bits per heavy atom. The van der Waals surface area contributed by atoms with Gasteiger partial charge in [-0.3, -0.25) is 4.79 Å². The molecular weight excluding hydrogens is 206 g/mol. The topological polar surface area (TPSA) is 66.4 Å². The molecule has 0 aliphatic rings. The predicted molar refractivity (Wildman–Crippen MR) is 59.8 cm³/mol. The Kier molecular flexibility index (Phi) is 5.22. The van der Waals surface area contributed by atoms with Crippen molar-refractivity contribution in [3.05, 3.63) is 35.9 Å². The molecule has 0 aromatic heterocycles. The van der Waals surface area contributed by atoms with Crippen molar-refractivity contribution >= 4 is 12.2 Å². The van der Waals surface area contributed by atoms with Crippen LogP contribution in [0.2, 0.25) is 0 Å². The van der Waals surface area contributed by atoms with Gasteiger partial charge in [0, 0.05) is 6.42 Å². The van der Waals surface area contributed by atoms with Crippen molar-refractivity contribution < 1.29 is 14.7 Å². The van der Waals surface area contributed by atoms with E-state index in [2.05, 4.69) is 5.32 Å². The number of aliphatic hydroxyl groups is 1. The van der Waals surface area contributed by atoms with Crippen molar-refractivity contribution in [2.45, 2.75) is 18.9 Å². The van der Waals surface area contributed by atoms with Crippen LogP contribution in [0.3, 0.4) is 0 Å². The first-order chi connectivity index (χ1) is 7.76. The van der Waals surface area contributed by atoms with Crippen molar-refractivity contribution in [1.82, 2.24) is 5.32 Å². The molecule has 2 N–H and O–H groups in total. The van der Waals surface area contributed by atoms with E-state index in [1.165, 1.54) is 0 Å². The second-order valence-corrected chi connectivity index (χ2v) is 3.48. The molecular formula is C12H15NO3. The number of aliphatic hydroxyl groups excluding tert-OH is 1. The van der Waals surface area contributed by atoms with E-state index >= 15 is 0 Å². The Balaban J connectivity index is 2.33. The third-order valence-electron chi connectivity index (χ3n) is 2.19. The number of nitrogens with one attached hydrogen (secondary N) is 1. The van der Waals surface area contributed by atoms with Crippen molar-refractivity contribution in [1.29, 1.82) is 0 Å². The maximum absolute atomic E-state index is 11.4. The second kappa shape index (κ2) is 6.74. The summed E-state index contributed by atoms with van der Waals surface area (Å²) in [5, 5.41) is 11.1. The highest BCUT2D eigenvalue weighted by atomic mass is 16.3. The number of aryl methyl sites for hydroxylation is 1. The zero-order valence-electron chi connectivity index (χ0n) is 8.93. The van der Waals surface area contributed by atoms with E-state index < -0.39 is 6.04 Å². The Morgan fingerprint density at radius 3 is 2.62 bits per heavy atom. The largest absolute Gasteiger partial charge is 0.394 e. The number of hydrogen-bond donors (Lipinski definition) is 2. The number of carbonyl (C=O) groups excluding carboxylic acids is 2. The van der Waals surface area contributed by atoms with Gasteiger partial charge in [-0.05, 0) is 12.0 Å². The van der Waals surface area contributed by atoms with Gasteiger partial charge in [-0.1, -0.05) is 30.3 Å². The van der Waals surface area contributed by atoms with Gasteiger partial charge >= 0.3 is 0 Å². The van der Waals surface area contributed by atoms with Gasteiger partial charge < -0.3 is 15.2 Å². The quantitative estimate of drug-likeness (QED) is 0.679. The Labute approximate surface area is 94.3 Å². The fourth-order valence-corrected chi connectivity index (χ4v) is 1.30. The van der Waals surface area contributed by atoms with Gasteiger partial charge in [0.1, 0.15) is 12.3 Å². The number of rotatable bonds is 6. The van der Waals surface area contributed by atoms with Gasteiger partial charge in [0.05, 0.1) is 6.61 Å². The van der Waals surface area contributed by atoms with Crippen LogP contribution < -0.4 is 5.32 Å². The lowest BCUT2D eigenvalue weighted by Crippen LogP contribution is -2.38. The Bertz CT molecular complexity index is 337. The van der Waals surface area contributed by atoms with E-state index in [4.69, 9.17) is 5.11 Å². The lowest BCUT2D eigenvalue weighted by molar-refractivity contribution is -0.124. The van der Waals surface area contributed by atoms with E-state index in [1.54, 1.807) is 0 Å². The molecule has 0 spiro atoms. The highest BCUT2D eigenvalue weighted by Crippen LogP contribution is 2.02. The van der Waals surface area contributed by atoms with Gasteiger partial charge in [0.2, 0.25) is 5.91 Å². The molecule has 1 amide bonds. The maximum Gasteiger partial charge on any atom is 0.220 e. The highest BCUT2D eigenvalue weighted by Gasteiger charge is 2.09. The SMILES string of the molecule is O=CC(CO)NC(=O)CCc1ccccc1. The first kappa shape index (κ1) is 12.4. The number of amides is 1. The van der Waals surface area contributed by atoms with E-state index in [-0.39, 0.29) is 12.5 Å². The average Bonchev–Trinajstić information content (AvgIpc) is 2.34. The van der Waals surface area contributed by atoms with Gasteiger partial charge in [0.25, 0.3) is 0 Å². The Morgan fingerprint density at radius 2 is 2.06 bits per heavy atom. The molecule has 0 radical (unpaired) electrons. The number of benzene rings is 1. The summed E-state index contributed by atoms with van der Waals surface area (Å²) in [6, 6.07) is 8.83. The summed E-state index contributed by atoms with van der Waals surface area (Å²) in [5.74, 6) is -0.227. The smallest absolute Gasteiger partial charge is 0.220 e. The molecule has 16 heavy (non-hydrogen) atoms. The summed E-state index contributed by atoms with van der Waals surface area (Å²) < 4.78 is 0. The van der Waals surface area contributed by atoms with E-state index in [0.29, 0.717) is 19.1 Å². The van der Waals surface area contributed by atoms with Crippen LogP contribution in [-0.2, 0) is 16.0 Å². The van der Waals surface area contributed by atoms with Gasteiger partial charge in [-0.15, -0.1) is 0 Å². The standard InChI is InChI=1S/C12H15NO3/c14-8-11(9-15)13-12(16)7-6-10-4-2-1-3-5-10/h1-5,8,11,15H,6-7,9H2,(H,13,16). The van der Waals surface area contributed by atoms with Crippen LogP contribution in [0.4, 0.5) is 0 Å². The first-order valence-electron chi connectivity index (χ1n) is 5.15. The summed E-state index contributed by atoms with van der Waals surface area (Å²) in [6.45, 7) is -0.361. The summed E-state index contributed by atoms with van der Waals surface area (Å²) in [6.07, 6.45) is 1.47. The monoisotopic (exact) mass is 221 g/mol. The van der Waals surface area contributed by atoms with Crippen molar-refractivity contribution in [2.24, 2.45) is 0 Å². The van der Waals surface area contributed by atoms with E-state index in [0.717, 1.165) is 5.56 Å². The van der Waals surface area contributed by atoms with Crippen LogP contribution in [0.25, 0.3) is 0 Å². The van der Waals surface area contributed by atoms with Crippen LogP contribution in [-0.4, -0.2) is 29.9 Å². The number of carbonyl (C=O) groups is 2. The number of hydrogen-bond acceptors (Lipinski definition) is 3. The maximum atomic E-state index is 11.4. The van der Waals surface area contributed by atoms with Crippen molar-refractivity contribution in [3.63, 3.8) is 0 Å². The Hall–Kier alpha value is -1.68. The molecule has 1 atom stereocenters. The van der Waals surface area contributed by atoms with E-state index in [9.17, 15) is 9.59 Å². The summed E-state index contributed by atoms with van der Waals surface area (Å²) in [5.41, 5.74) is 1.07. The highest BCUT2D eigenvalue weighted by molar-refractivity contribution is 5.79. The minimum atomic E-state index is -0.789. The lowest BCUT2D eigenvalue weighted by Gasteiger charge is -2.09.